The minimum absolute atomic E-state index is 0.121. The smallest absolute Gasteiger partial charge is 0.200 e. The average Bonchev–Trinajstić information content (AvgIpc) is 3.09. The third-order valence-electron chi connectivity index (χ3n) is 4.30. The van der Waals surface area contributed by atoms with E-state index < -0.39 is 24.4 Å². The van der Waals surface area contributed by atoms with Gasteiger partial charge in [0.1, 0.15) is 24.4 Å². The molecule has 2 aliphatic heterocycles. The first-order valence-electron chi connectivity index (χ1n) is 6.79. The maximum atomic E-state index is 10.3. The Bertz CT molecular complexity index is 658. The normalized spacial score (nSPS) is 29.8. The molecule has 1 aromatic heterocycles. The van der Waals surface area contributed by atoms with Crippen LogP contribution in [-0.2, 0) is 11.3 Å². The highest BCUT2D eigenvalue weighted by atomic mass is 16.5. The predicted octanol–water partition coefficient (Wildman–Crippen LogP) is 0.795. The first-order chi connectivity index (χ1) is 10.1. The number of hydrogen-bond donors (Lipinski definition) is 4. The van der Waals surface area contributed by atoms with Gasteiger partial charge in [0, 0.05) is 0 Å². The zero-order valence-corrected chi connectivity index (χ0v) is 11.0. The molecule has 4 rings (SSSR count). The van der Waals surface area contributed by atoms with Crippen LogP contribution in [0.3, 0.4) is 0 Å². The van der Waals surface area contributed by atoms with Gasteiger partial charge in [-0.3, -0.25) is 4.57 Å². The van der Waals surface area contributed by atoms with Gasteiger partial charge in [0.05, 0.1) is 17.7 Å². The van der Waals surface area contributed by atoms with Crippen LogP contribution in [0.4, 0.5) is 0 Å². The Balaban J connectivity index is 1.79. The SMILES string of the molecule is Oc1c2c(c(O)n1Cc1ccccc1)[C@@H]1OC2C(O)[C@@H]1O. The lowest BCUT2D eigenvalue weighted by Crippen LogP contribution is -2.30. The Morgan fingerprint density at radius 3 is 1.95 bits per heavy atom. The van der Waals surface area contributed by atoms with E-state index in [1.807, 2.05) is 30.3 Å². The minimum atomic E-state index is -1.08. The van der Waals surface area contributed by atoms with E-state index in [1.165, 1.54) is 4.57 Å². The maximum absolute atomic E-state index is 10.3. The van der Waals surface area contributed by atoms with Crippen molar-refractivity contribution < 1.29 is 25.2 Å². The molecule has 6 nitrogen and oxygen atoms in total. The first kappa shape index (κ1) is 12.7. The van der Waals surface area contributed by atoms with E-state index in [4.69, 9.17) is 4.74 Å². The molecule has 2 aromatic rings. The van der Waals surface area contributed by atoms with Crippen molar-refractivity contribution in [1.82, 2.24) is 4.57 Å². The summed E-state index contributed by atoms with van der Waals surface area (Å²) in [5, 5.41) is 40.4. The summed E-state index contributed by atoms with van der Waals surface area (Å²) in [5.74, 6) is -0.241. The summed E-state index contributed by atoms with van der Waals surface area (Å²) in [6.45, 7) is 0.303. The van der Waals surface area contributed by atoms with Gasteiger partial charge in [0.25, 0.3) is 0 Å². The fourth-order valence-corrected chi connectivity index (χ4v) is 3.26. The average molecular weight is 289 g/mol. The Hall–Kier alpha value is -2.02. The molecule has 0 radical (unpaired) electrons. The molecule has 21 heavy (non-hydrogen) atoms. The molecular formula is C15H15NO5. The van der Waals surface area contributed by atoms with Crippen molar-refractivity contribution in [3.63, 3.8) is 0 Å². The molecule has 4 atom stereocenters. The highest BCUT2D eigenvalue weighted by Gasteiger charge is 2.55. The molecule has 2 aliphatic rings. The number of aliphatic hydroxyl groups is 2. The van der Waals surface area contributed by atoms with Crippen LogP contribution in [0.15, 0.2) is 30.3 Å². The van der Waals surface area contributed by atoms with Gasteiger partial charge in [-0.15, -0.1) is 0 Å². The zero-order chi connectivity index (χ0) is 14.7. The van der Waals surface area contributed by atoms with E-state index in [0.29, 0.717) is 17.7 Å². The van der Waals surface area contributed by atoms with Gasteiger partial charge in [0.2, 0.25) is 11.8 Å². The monoisotopic (exact) mass is 289 g/mol. The molecule has 2 unspecified atom stereocenters. The van der Waals surface area contributed by atoms with Crippen molar-refractivity contribution in [2.45, 2.75) is 31.0 Å². The number of aliphatic hydroxyl groups excluding tert-OH is 2. The van der Waals surface area contributed by atoms with Crippen LogP contribution in [0.5, 0.6) is 11.8 Å². The molecule has 1 saturated heterocycles. The second-order valence-electron chi connectivity index (χ2n) is 5.50. The van der Waals surface area contributed by atoms with Crippen molar-refractivity contribution in [1.29, 1.82) is 0 Å². The van der Waals surface area contributed by atoms with E-state index in [9.17, 15) is 20.4 Å². The Morgan fingerprint density at radius 2 is 1.43 bits per heavy atom. The molecule has 0 spiro atoms. The lowest BCUT2D eigenvalue weighted by molar-refractivity contribution is 0.0211. The molecule has 110 valence electrons. The topological polar surface area (TPSA) is 95.1 Å². The summed E-state index contributed by atoms with van der Waals surface area (Å²) in [4.78, 5) is 0. The van der Waals surface area contributed by atoms with Crippen molar-refractivity contribution in [3.05, 3.63) is 47.0 Å². The van der Waals surface area contributed by atoms with Crippen molar-refractivity contribution in [2.75, 3.05) is 0 Å². The largest absolute Gasteiger partial charge is 0.494 e. The van der Waals surface area contributed by atoms with Gasteiger partial charge >= 0.3 is 0 Å². The highest BCUT2D eigenvalue weighted by molar-refractivity contribution is 5.54. The molecule has 1 aromatic carbocycles. The van der Waals surface area contributed by atoms with E-state index in [0.717, 1.165) is 5.56 Å². The lowest BCUT2D eigenvalue weighted by Gasteiger charge is -2.18. The Labute approximate surface area is 120 Å². The molecule has 0 saturated carbocycles. The lowest BCUT2D eigenvalue weighted by atomic mass is 9.90. The summed E-state index contributed by atoms with van der Waals surface area (Å²) >= 11 is 0. The van der Waals surface area contributed by atoms with E-state index >= 15 is 0 Å². The van der Waals surface area contributed by atoms with Gasteiger partial charge in [-0.05, 0) is 5.56 Å². The Kier molecular flexibility index (Phi) is 2.56. The second kappa shape index (κ2) is 4.24. The van der Waals surface area contributed by atoms with E-state index in [-0.39, 0.29) is 11.8 Å². The van der Waals surface area contributed by atoms with Gasteiger partial charge in [-0.1, -0.05) is 30.3 Å². The van der Waals surface area contributed by atoms with Crippen LogP contribution in [0.25, 0.3) is 0 Å². The van der Waals surface area contributed by atoms with Crippen LogP contribution in [-0.4, -0.2) is 37.2 Å². The molecule has 0 aliphatic carbocycles. The Morgan fingerprint density at radius 1 is 0.905 bits per heavy atom. The van der Waals surface area contributed by atoms with Crippen molar-refractivity contribution in [3.8, 4) is 11.8 Å². The van der Waals surface area contributed by atoms with Crippen molar-refractivity contribution >= 4 is 0 Å². The third kappa shape index (κ3) is 1.58. The fourth-order valence-electron chi connectivity index (χ4n) is 3.26. The molecule has 4 N–H and O–H groups in total. The van der Waals surface area contributed by atoms with E-state index in [2.05, 4.69) is 0 Å². The molecule has 3 heterocycles. The summed E-state index contributed by atoms with van der Waals surface area (Å²) in [6.07, 6.45) is -3.74. The third-order valence-corrected chi connectivity index (χ3v) is 4.30. The van der Waals surface area contributed by atoms with Crippen LogP contribution in [0.2, 0.25) is 0 Å². The number of aromatic hydroxyl groups is 2. The van der Waals surface area contributed by atoms with Crippen LogP contribution >= 0.6 is 0 Å². The zero-order valence-electron chi connectivity index (χ0n) is 11.0. The first-order valence-corrected chi connectivity index (χ1v) is 6.79. The van der Waals surface area contributed by atoms with Crippen LogP contribution in [0, 0.1) is 0 Å². The molecule has 2 bridgehead atoms. The van der Waals surface area contributed by atoms with E-state index in [1.54, 1.807) is 0 Å². The van der Waals surface area contributed by atoms with Gasteiger partial charge in [0.15, 0.2) is 0 Å². The van der Waals surface area contributed by atoms with Gasteiger partial charge in [-0.2, -0.15) is 0 Å². The molecular weight excluding hydrogens is 274 g/mol. The number of nitrogens with zero attached hydrogens (tertiary/aromatic N) is 1. The fraction of sp³-hybridized carbons (Fsp3) is 0.333. The van der Waals surface area contributed by atoms with Crippen molar-refractivity contribution in [2.24, 2.45) is 0 Å². The predicted molar refractivity (Wildman–Crippen MR) is 71.9 cm³/mol. The summed E-state index contributed by atoms with van der Waals surface area (Å²) < 4.78 is 6.81. The number of ether oxygens (including phenoxy) is 1. The second-order valence-corrected chi connectivity index (χ2v) is 5.50. The molecule has 6 heteroatoms. The maximum Gasteiger partial charge on any atom is 0.200 e. The summed E-state index contributed by atoms with van der Waals surface area (Å²) in [7, 11) is 0. The quantitative estimate of drug-likeness (QED) is 0.656. The number of fused-ring (bicyclic) bond motifs is 5. The number of rotatable bonds is 2. The number of aromatic nitrogens is 1. The minimum Gasteiger partial charge on any atom is -0.494 e. The standard InChI is InChI=1S/C15H15NO5/c17-10-11(18)13-9-8(12(10)21-13)14(19)16(15(9)20)6-7-4-2-1-3-5-7/h1-5,10-13,17-20H,6H2/t10-,11?,12-,13?/m0/s1. The van der Waals surface area contributed by atoms with Crippen LogP contribution < -0.4 is 0 Å². The molecule has 0 amide bonds. The number of hydrogen-bond acceptors (Lipinski definition) is 5. The molecule has 1 fully saturated rings. The van der Waals surface area contributed by atoms with Crippen LogP contribution in [0.1, 0.15) is 28.9 Å². The highest BCUT2D eigenvalue weighted by Crippen LogP contribution is 2.58. The number of benzene rings is 1. The van der Waals surface area contributed by atoms with Gasteiger partial charge < -0.3 is 25.2 Å². The summed E-state index contributed by atoms with van der Waals surface area (Å²) in [5.41, 5.74) is 1.68. The van der Waals surface area contributed by atoms with Gasteiger partial charge in [-0.25, -0.2) is 0 Å². The summed E-state index contributed by atoms with van der Waals surface area (Å²) in [6, 6.07) is 9.42.